The number of pyridine rings is 1. The number of ether oxygens (including phenoxy) is 1. The van der Waals surface area contributed by atoms with Gasteiger partial charge in [0.25, 0.3) is 5.56 Å². The van der Waals surface area contributed by atoms with Crippen LogP contribution in [0.15, 0.2) is 23.6 Å². The van der Waals surface area contributed by atoms with Crippen LogP contribution in [0.4, 0.5) is 5.69 Å². The molecule has 0 bridgehead atoms. The molecule has 3 heterocycles. The van der Waals surface area contributed by atoms with E-state index in [0.717, 1.165) is 39.8 Å². The van der Waals surface area contributed by atoms with Crippen LogP contribution in [0.5, 0.6) is 0 Å². The molecule has 0 atom stereocenters. The van der Waals surface area contributed by atoms with E-state index < -0.39 is 0 Å². The van der Waals surface area contributed by atoms with Crippen LogP contribution in [0, 0.1) is 0 Å². The van der Waals surface area contributed by atoms with Gasteiger partial charge in [0.15, 0.2) is 0 Å². The van der Waals surface area contributed by atoms with Gasteiger partial charge in [-0.2, -0.15) is 0 Å². The van der Waals surface area contributed by atoms with Crippen LogP contribution in [0.3, 0.4) is 0 Å². The van der Waals surface area contributed by atoms with Crippen molar-refractivity contribution in [3.63, 3.8) is 0 Å². The second kappa shape index (κ2) is 7.91. The molecule has 0 radical (unpaired) electrons. The fraction of sp³-hybridized carbons (Fsp3) is 0.476. The molecule has 4 rings (SSSR count). The second-order valence-corrected chi connectivity index (χ2v) is 8.42. The number of anilines is 1. The Balaban J connectivity index is 1.91. The number of nitrogens with zero attached hydrogens (tertiary/aromatic N) is 4. The fourth-order valence-electron chi connectivity index (χ4n) is 4.05. The summed E-state index contributed by atoms with van der Waals surface area (Å²) in [5, 5.41) is 0.941. The molecule has 0 saturated heterocycles. The van der Waals surface area contributed by atoms with Crippen LogP contribution in [0.2, 0.25) is 0 Å². The zero-order valence-electron chi connectivity index (χ0n) is 16.6. The average Bonchev–Trinajstić information content (AvgIpc) is 3.08. The molecule has 3 aromatic heterocycles. The first-order valence-corrected chi connectivity index (χ1v) is 10.7. The Morgan fingerprint density at radius 1 is 1.29 bits per heavy atom. The van der Waals surface area contributed by atoms with Crippen molar-refractivity contribution in [1.29, 1.82) is 0 Å². The van der Waals surface area contributed by atoms with Gasteiger partial charge >= 0.3 is 0 Å². The summed E-state index contributed by atoms with van der Waals surface area (Å²) in [5.74, 6) is 0. The molecule has 0 amide bonds. The first-order valence-electron chi connectivity index (χ1n) is 9.89. The zero-order valence-corrected chi connectivity index (χ0v) is 17.5. The third-order valence-corrected chi connectivity index (χ3v) is 6.44. The Labute approximate surface area is 168 Å². The molecule has 1 aliphatic carbocycles. The molecule has 1 aliphatic rings. The van der Waals surface area contributed by atoms with E-state index in [0.29, 0.717) is 11.3 Å². The van der Waals surface area contributed by atoms with Crippen molar-refractivity contribution >= 4 is 43.5 Å². The Bertz CT molecular complexity index is 1080. The monoisotopic (exact) mass is 398 g/mol. The molecular weight excluding hydrogens is 372 g/mol. The standard InChI is InChI=1S/C21H26N4O2S/c1-4-27-11-10-14-12-22-20-16(18(14)24(2)3)17-19(28-20)21(26)25(13-23-17)15-8-6-5-7-9-15/h10-13,15H,4-9H2,1-3H3. The highest BCUT2D eigenvalue weighted by molar-refractivity contribution is 7.25. The minimum absolute atomic E-state index is 0.0658. The lowest BCUT2D eigenvalue weighted by molar-refractivity contribution is 0.272. The highest BCUT2D eigenvalue weighted by atomic mass is 32.1. The summed E-state index contributed by atoms with van der Waals surface area (Å²) in [6.07, 6.45) is 12.9. The van der Waals surface area contributed by atoms with Gasteiger partial charge < -0.3 is 9.64 Å². The van der Waals surface area contributed by atoms with Crippen LogP contribution in [0.1, 0.15) is 50.6 Å². The quantitative estimate of drug-likeness (QED) is 0.589. The van der Waals surface area contributed by atoms with Crippen molar-refractivity contribution in [3.8, 4) is 0 Å². The molecule has 148 valence electrons. The summed E-state index contributed by atoms with van der Waals surface area (Å²) < 4.78 is 7.91. The van der Waals surface area contributed by atoms with Gasteiger partial charge in [-0.1, -0.05) is 19.3 Å². The largest absolute Gasteiger partial charge is 0.501 e. The molecule has 28 heavy (non-hydrogen) atoms. The van der Waals surface area contributed by atoms with Crippen molar-refractivity contribution < 1.29 is 4.74 Å². The molecule has 3 aromatic rings. The van der Waals surface area contributed by atoms with Gasteiger partial charge in [-0.3, -0.25) is 9.36 Å². The summed E-state index contributed by atoms with van der Waals surface area (Å²) in [6.45, 7) is 2.57. The molecule has 0 aliphatic heterocycles. The Kier molecular flexibility index (Phi) is 5.35. The summed E-state index contributed by atoms with van der Waals surface area (Å²) in [7, 11) is 4.00. The molecular formula is C21H26N4O2S. The maximum atomic E-state index is 13.2. The summed E-state index contributed by atoms with van der Waals surface area (Å²) in [5.41, 5.74) is 2.77. The van der Waals surface area contributed by atoms with Crippen molar-refractivity contribution in [2.45, 2.75) is 45.1 Å². The third kappa shape index (κ3) is 3.28. The van der Waals surface area contributed by atoms with Crippen molar-refractivity contribution in [1.82, 2.24) is 14.5 Å². The van der Waals surface area contributed by atoms with Crippen LogP contribution >= 0.6 is 11.3 Å². The highest BCUT2D eigenvalue weighted by Crippen LogP contribution is 2.38. The lowest BCUT2D eigenvalue weighted by Crippen LogP contribution is -2.26. The first kappa shape index (κ1) is 18.9. The molecule has 7 heteroatoms. The Morgan fingerprint density at radius 2 is 2.07 bits per heavy atom. The molecule has 0 aromatic carbocycles. The zero-order chi connectivity index (χ0) is 19.7. The molecule has 6 nitrogen and oxygen atoms in total. The molecule has 0 N–H and O–H groups in total. The van der Waals surface area contributed by atoms with Crippen molar-refractivity contribution in [2.75, 3.05) is 25.6 Å². The number of hydrogen-bond acceptors (Lipinski definition) is 6. The van der Waals surface area contributed by atoms with Crippen LogP contribution in [0.25, 0.3) is 26.5 Å². The number of thiophene rings is 1. The van der Waals surface area contributed by atoms with E-state index in [9.17, 15) is 4.79 Å². The van der Waals surface area contributed by atoms with E-state index in [2.05, 4.69) is 9.88 Å². The van der Waals surface area contributed by atoms with E-state index in [1.807, 2.05) is 37.9 Å². The van der Waals surface area contributed by atoms with E-state index in [-0.39, 0.29) is 11.6 Å². The summed E-state index contributed by atoms with van der Waals surface area (Å²) in [4.78, 5) is 25.5. The lowest BCUT2D eigenvalue weighted by atomic mass is 9.95. The summed E-state index contributed by atoms with van der Waals surface area (Å²) >= 11 is 1.45. The predicted octanol–water partition coefficient (Wildman–Crippen LogP) is 4.58. The lowest BCUT2D eigenvalue weighted by Gasteiger charge is -2.23. The number of fused-ring (bicyclic) bond motifs is 3. The number of rotatable bonds is 5. The Hall–Kier alpha value is -2.41. The van der Waals surface area contributed by atoms with Crippen LogP contribution < -0.4 is 10.5 Å². The average molecular weight is 399 g/mol. The van der Waals surface area contributed by atoms with E-state index in [1.165, 1.54) is 30.6 Å². The van der Waals surface area contributed by atoms with E-state index in [1.54, 1.807) is 12.6 Å². The fourth-order valence-corrected chi connectivity index (χ4v) is 5.09. The van der Waals surface area contributed by atoms with Gasteiger partial charge in [0, 0.05) is 31.9 Å². The smallest absolute Gasteiger partial charge is 0.271 e. The molecule has 0 unspecified atom stereocenters. The van der Waals surface area contributed by atoms with Gasteiger partial charge in [0.05, 0.1) is 35.8 Å². The van der Waals surface area contributed by atoms with Gasteiger partial charge in [-0.05, 0) is 25.8 Å². The predicted molar refractivity (Wildman–Crippen MR) is 116 cm³/mol. The summed E-state index contributed by atoms with van der Waals surface area (Å²) in [6, 6.07) is 0.273. The van der Waals surface area contributed by atoms with E-state index in [4.69, 9.17) is 9.72 Å². The minimum atomic E-state index is 0.0658. The van der Waals surface area contributed by atoms with Gasteiger partial charge in [-0.25, -0.2) is 9.97 Å². The van der Waals surface area contributed by atoms with Gasteiger partial charge in [0.1, 0.15) is 9.53 Å². The van der Waals surface area contributed by atoms with Gasteiger partial charge in [-0.15, -0.1) is 11.3 Å². The molecule has 1 fully saturated rings. The van der Waals surface area contributed by atoms with Gasteiger partial charge in [0.2, 0.25) is 0 Å². The molecule has 1 saturated carbocycles. The van der Waals surface area contributed by atoms with E-state index >= 15 is 0 Å². The van der Waals surface area contributed by atoms with Crippen LogP contribution in [-0.2, 0) is 4.74 Å². The maximum absolute atomic E-state index is 13.2. The SMILES string of the molecule is CCOC=Cc1cnc2sc3c(=O)n(C4CCCCC4)cnc3c2c1N(C)C. The maximum Gasteiger partial charge on any atom is 0.271 e. The Morgan fingerprint density at radius 3 is 2.79 bits per heavy atom. The van der Waals surface area contributed by atoms with Crippen molar-refractivity contribution in [2.24, 2.45) is 0 Å². The highest BCUT2D eigenvalue weighted by Gasteiger charge is 2.22. The third-order valence-electron chi connectivity index (χ3n) is 5.36. The van der Waals surface area contributed by atoms with Crippen LogP contribution in [-0.4, -0.2) is 35.2 Å². The number of aromatic nitrogens is 3. The topological polar surface area (TPSA) is 60.2 Å². The first-order chi connectivity index (χ1) is 13.6. The van der Waals surface area contributed by atoms with Crippen molar-refractivity contribution in [3.05, 3.63) is 34.7 Å². The normalized spacial score (nSPS) is 15.7. The second-order valence-electron chi connectivity index (χ2n) is 7.42. The number of hydrogen-bond donors (Lipinski definition) is 0. The molecule has 0 spiro atoms. The minimum Gasteiger partial charge on any atom is -0.501 e.